The van der Waals surface area contributed by atoms with Crippen molar-refractivity contribution in [3.8, 4) is 29.8 Å². The zero-order valence-electron chi connectivity index (χ0n) is 16.9. The Morgan fingerprint density at radius 2 is 1.13 bits per heavy atom. The van der Waals surface area contributed by atoms with E-state index in [-0.39, 0.29) is 0 Å². The third kappa shape index (κ3) is 4.68. The van der Waals surface area contributed by atoms with Gasteiger partial charge in [-0.05, 0) is 80.4 Å². The van der Waals surface area contributed by atoms with E-state index in [1.807, 2.05) is 19.1 Å². The lowest BCUT2D eigenvalue weighted by Crippen LogP contribution is -2.12. The number of esters is 2. The summed E-state index contributed by atoms with van der Waals surface area (Å²) >= 11 is 0. The van der Waals surface area contributed by atoms with Gasteiger partial charge in [0.05, 0.1) is 11.1 Å². The van der Waals surface area contributed by atoms with Crippen molar-refractivity contribution in [2.75, 3.05) is 0 Å². The fraction of sp³-hybridized carbons (Fsp3) is 0.120. The third-order valence-electron chi connectivity index (χ3n) is 4.65. The van der Waals surface area contributed by atoms with Crippen molar-refractivity contribution in [2.24, 2.45) is 0 Å². The smallest absolute Gasteiger partial charge is 0.343 e. The lowest BCUT2D eigenvalue weighted by atomic mass is 10.1. The molecule has 0 aliphatic heterocycles. The third-order valence-corrected chi connectivity index (χ3v) is 4.65. The Balaban J connectivity index is 1.74. The summed E-state index contributed by atoms with van der Waals surface area (Å²) in [6.45, 7) is 5.55. The molecule has 3 aromatic rings. The number of carbonyl (C=O) groups is 2. The summed E-state index contributed by atoms with van der Waals surface area (Å²) in [5.41, 5.74) is 3.28. The second kappa shape index (κ2) is 8.97. The SMILES string of the molecule is C#COc1ccc(C(=O)Oc2ccc(OC(=O)c3ccc(C)cc3)c(C)c2C)cc1. The molecule has 0 radical (unpaired) electrons. The first-order valence-corrected chi connectivity index (χ1v) is 9.23. The van der Waals surface area contributed by atoms with Gasteiger partial charge >= 0.3 is 11.9 Å². The van der Waals surface area contributed by atoms with E-state index in [4.69, 9.17) is 20.6 Å². The van der Waals surface area contributed by atoms with Gasteiger partial charge in [-0.25, -0.2) is 9.59 Å². The minimum atomic E-state index is -0.519. The van der Waals surface area contributed by atoms with Crippen LogP contribution in [0.25, 0.3) is 0 Å². The Hall–Kier alpha value is -4.04. The Morgan fingerprint density at radius 3 is 1.57 bits per heavy atom. The van der Waals surface area contributed by atoms with Crippen LogP contribution in [0.5, 0.6) is 17.2 Å². The summed E-state index contributed by atoms with van der Waals surface area (Å²) in [5.74, 6) is 0.289. The Bertz CT molecular complexity index is 1120. The number of ether oxygens (including phenoxy) is 3. The zero-order chi connectivity index (χ0) is 21.7. The maximum atomic E-state index is 12.4. The molecule has 0 aromatic heterocycles. The highest BCUT2D eigenvalue weighted by molar-refractivity contribution is 5.92. The first-order chi connectivity index (χ1) is 14.4. The van der Waals surface area contributed by atoms with Gasteiger partial charge in [0.25, 0.3) is 0 Å². The van der Waals surface area contributed by atoms with E-state index >= 15 is 0 Å². The summed E-state index contributed by atoms with van der Waals surface area (Å²) < 4.78 is 15.9. The van der Waals surface area contributed by atoms with Crippen molar-refractivity contribution in [3.05, 3.63) is 88.5 Å². The minimum absolute atomic E-state index is 0.353. The van der Waals surface area contributed by atoms with Gasteiger partial charge in [0.2, 0.25) is 0 Å². The van der Waals surface area contributed by atoms with Gasteiger partial charge in [-0.3, -0.25) is 0 Å². The molecule has 0 spiro atoms. The van der Waals surface area contributed by atoms with E-state index in [9.17, 15) is 9.59 Å². The highest BCUT2D eigenvalue weighted by Gasteiger charge is 2.16. The highest BCUT2D eigenvalue weighted by atomic mass is 16.5. The van der Waals surface area contributed by atoms with Crippen LogP contribution >= 0.6 is 0 Å². The van der Waals surface area contributed by atoms with Crippen molar-refractivity contribution in [3.63, 3.8) is 0 Å². The van der Waals surface area contributed by atoms with Gasteiger partial charge in [-0.1, -0.05) is 24.1 Å². The zero-order valence-corrected chi connectivity index (χ0v) is 16.9. The van der Waals surface area contributed by atoms with Crippen LogP contribution in [0.2, 0.25) is 0 Å². The van der Waals surface area contributed by atoms with Crippen LogP contribution in [0.1, 0.15) is 37.4 Å². The lowest BCUT2D eigenvalue weighted by Gasteiger charge is -2.14. The quantitative estimate of drug-likeness (QED) is 0.342. The molecule has 3 aromatic carbocycles. The maximum Gasteiger partial charge on any atom is 0.343 e. The number of terminal acetylenes is 1. The molecule has 0 saturated heterocycles. The van der Waals surface area contributed by atoms with E-state index in [2.05, 4.69) is 6.11 Å². The monoisotopic (exact) mass is 400 g/mol. The molecule has 0 aliphatic rings. The van der Waals surface area contributed by atoms with Crippen molar-refractivity contribution >= 4 is 11.9 Å². The van der Waals surface area contributed by atoms with Crippen LogP contribution in [0, 0.1) is 33.3 Å². The van der Waals surface area contributed by atoms with Gasteiger partial charge in [0.1, 0.15) is 23.4 Å². The van der Waals surface area contributed by atoms with Gasteiger partial charge < -0.3 is 14.2 Å². The predicted molar refractivity (Wildman–Crippen MR) is 113 cm³/mol. The lowest BCUT2D eigenvalue weighted by molar-refractivity contribution is 0.0717. The predicted octanol–water partition coefficient (Wildman–Crippen LogP) is 5.02. The van der Waals surface area contributed by atoms with Gasteiger partial charge in [-0.2, -0.15) is 0 Å². The molecule has 30 heavy (non-hydrogen) atoms. The van der Waals surface area contributed by atoms with Crippen LogP contribution < -0.4 is 14.2 Å². The Labute approximate surface area is 175 Å². The van der Waals surface area contributed by atoms with Crippen LogP contribution in [0.4, 0.5) is 0 Å². The molecule has 0 N–H and O–H groups in total. The summed E-state index contributed by atoms with van der Waals surface area (Å²) in [6, 6.07) is 16.7. The molecular formula is C25H20O5. The molecule has 5 heteroatoms. The minimum Gasteiger partial charge on any atom is -0.423 e. The van der Waals surface area contributed by atoms with Crippen LogP contribution in [0.15, 0.2) is 60.7 Å². The summed E-state index contributed by atoms with van der Waals surface area (Å²) in [7, 11) is 0. The summed E-state index contributed by atoms with van der Waals surface area (Å²) in [6.07, 6.45) is 7.14. The number of benzene rings is 3. The standard InChI is InChI=1S/C25H20O5/c1-5-28-21-12-10-20(11-13-21)25(27)30-23-15-14-22(17(3)18(23)4)29-24(26)19-8-6-16(2)7-9-19/h1,6-15H,2-4H3. The Morgan fingerprint density at radius 1 is 0.700 bits per heavy atom. The van der Waals surface area contributed by atoms with Crippen LogP contribution in [-0.2, 0) is 0 Å². The van der Waals surface area contributed by atoms with E-state index in [0.717, 1.165) is 5.56 Å². The number of hydrogen-bond donors (Lipinski definition) is 0. The fourth-order valence-electron chi connectivity index (χ4n) is 2.73. The van der Waals surface area contributed by atoms with E-state index in [1.54, 1.807) is 62.4 Å². The first-order valence-electron chi connectivity index (χ1n) is 9.23. The normalized spacial score (nSPS) is 10.1. The summed E-state index contributed by atoms with van der Waals surface area (Å²) in [5, 5.41) is 0. The Kier molecular flexibility index (Phi) is 6.19. The number of hydrogen-bond acceptors (Lipinski definition) is 5. The van der Waals surface area contributed by atoms with Crippen molar-refractivity contribution < 1.29 is 23.8 Å². The number of aryl methyl sites for hydroxylation is 1. The number of rotatable bonds is 5. The van der Waals surface area contributed by atoms with E-state index < -0.39 is 11.9 Å². The molecule has 5 nitrogen and oxygen atoms in total. The first kappa shape index (κ1) is 20.7. The van der Waals surface area contributed by atoms with Gasteiger partial charge in [-0.15, -0.1) is 0 Å². The topological polar surface area (TPSA) is 61.8 Å². The molecule has 0 amide bonds. The van der Waals surface area contributed by atoms with Crippen LogP contribution in [-0.4, -0.2) is 11.9 Å². The average Bonchev–Trinajstić information content (AvgIpc) is 2.74. The highest BCUT2D eigenvalue weighted by Crippen LogP contribution is 2.30. The van der Waals surface area contributed by atoms with E-state index in [1.165, 1.54) is 0 Å². The molecule has 0 bridgehead atoms. The molecule has 0 aliphatic carbocycles. The largest absolute Gasteiger partial charge is 0.423 e. The second-order valence-electron chi connectivity index (χ2n) is 6.70. The number of carbonyl (C=O) groups excluding carboxylic acids is 2. The molecule has 150 valence electrons. The molecule has 0 atom stereocenters. The van der Waals surface area contributed by atoms with Crippen molar-refractivity contribution in [1.29, 1.82) is 0 Å². The molecule has 0 heterocycles. The second-order valence-corrected chi connectivity index (χ2v) is 6.70. The molecule has 0 saturated carbocycles. The molecule has 0 fully saturated rings. The van der Waals surface area contributed by atoms with Gasteiger partial charge in [0.15, 0.2) is 0 Å². The molecule has 0 unspecified atom stereocenters. The van der Waals surface area contributed by atoms with E-state index in [0.29, 0.717) is 39.5 Å². The molecular weight excluding hydrogens is 380 g/mol. The fourth-order valence-corrected chi connectivity index (χ4v) is 2.73. The summed E-state index contributed by atoms with van der Waals surface area (Å²) in [4.78, 5) is 24.8. The van der Waals surface area contributed by atoms with Crippen LogP contribution in [0.3, 0.4) is 0 Å². The van der Waals surface area contributed by atoms with Gasteiger partial charge in [0, 0.05) is 0 Å². The maximum absolute atomic E-state index is 12.4. The van der Waals surface area contributed by atoms with Crippen molar-refractivity contribution in [2.45, 2.75) is 20.8 Å². The van der Waals surface area contributed by atoms with Crippen molar-refractivity contribution in [1.82, 2.24) is 0 Å². The molecule has 3 rings (SSSR count). The average molecular weight is 400 g/mol.